The van der Waals surface area contributed by atoms with Crippen LogP contribution in [0.5, 0.6) is 23.1 Å². The number of ether oxygens (including phenoxy) is 5. The lowest BCUT2D eigenvalue weighted by atomic mass is 9.92. The normalized spacial score (nSPS) is 19.3. The standard InChI is InChI=1S/C28H22F3N5O7S/c1-39-19-4-3-16-24(44-27(35-16)36-12-5-13(36)11-41-10-12)23(19)26(38)34-18-9-32-22(40-2)6-14(18)25(37)33-17-8-21-20(7-15(17)29)42-28(30,31)43-21/h3-4,6-9,12-13H,5,10-11H2,1-2H3,(H,33,37)(H,34,38). The molecule has 7 rings (SSSR count). The van der Waals surface area contributed by atoms with E-state index < -0.39 is 41.1 Å². The number of carbonyl (C=O) groups is 2. The van der Waals surface area contributed by atoms with Gasteiger partial charge in [-0.25, -0.2) is 14.4 Å². The van der Waals surface area contributed by atoms with E-state index in [0.717, 1.165) is 17.6 Å². The van der Waals surface area contributed by atoms with Gasteiger partial charge in [-0.3, -0.25) is 9.59 Å². The zero-order valence-corrected chi connectivity index (χ0v) is 23.8. The quantitative estimate of drug-likeness (QED) is 0.298. The van der Waals surface area contributed by atoms with Crippen molar-refractivity contribution in [1.29, 1.82) is 0 Å². The Balaban J connectivity index is 1.20. The number of morpholine rings is 1. The fourth-order valence-electron chi connectivity index (χ4n) is 5.39. The van der Waals surface area contributed by atoms with Gasteiger partial charge in [0.2, 0.25) is 5.88 Å². The molecule has 2 bridgehead atoms. The number of anilines is 3. The predicted molar refractivity (Wildman–Crippen MR) is 151 cm³/mol. The topological polar surface area (TPSA) is 133 Å². The highest BCUT2D eigenvalue weighted by molar-refractivity contribution is 7.22. The minimum absolute atomic E-state index is 0.0230. The third-order valence-electron chi connectivity index (χ3n) is 7.45. The number of aromatic nitrogens is 2. The number of thiazole rings is 1. The van der Waals surface area contributed by atoms with E-state index >= 15 is 0 Å². The van der Waals surface area contributed by atoms with Crippen molar-refractivity contribution in [3.63, 3.8) is 0 Å². The highest BCUT2D eigenvalue weighted by Crippen LogP contribution is 2.44. The summed E-state index contributed by atoms with van der Waals surface area (Å²) in [5.74, 6) is -3.26. The summed E-state index contributed by atoms with van der Waals surface area (Å²) in [6.07, 6.45) is -1.75. The van der Waals surface area contributed by atoms with Crippen LogP contribution < -0.4 is 34.5 Å². The SMILES string of the molecule is COc1cc(C(=O)Nc2cc3c(cc2F)OC(F)(F)O3)c(NC(=O)c2c(OC)ccc3nc(N4C5COCC4C5)sc23)cn1. The van der Waals surface area contributed by atoms with Gasteiger partial charge in [-0.15, -0.1) is 8.78 Å². The van der Waals surface area contributed by atoms with E-state index in [4.69, 9.17) is 19.2 Å². The van der Waals surface area contributed by atoms with Crippen LogP contribution in [0, 0.1) is 5.82 Å². The van der Waals surface area contributed by atoms with Gasteiger partial charge in [-0.1, -0.05) is 11.3 Å². The number of methoxy groups -OCH3 is 2. The summed E-state index contributed by atoms with van der Waals surface area (Å²) in [6.45, 7) is 1.22. The lowest BCUT2D eigenvalue weighted by Crippen LogP contribution is -2.64. The molecule has 3 aliphatic rings. The zero-order chi connectivity index (χ0) is 30.7. The van der Waals surface area contributed by atoms with Gasteiger partial charge in [-0.2, -0.15) is 0 Å². The van der Waals surface area contributed by atoms with Crippen molar-refractivity contribution in [2.45, 2.75) is 24.8 Å². The van der Waals surface area contributed by atoms with Gasteiger partial charge in [0.25, 0.3) is 11.8 Å². The highest BCUT2D eigenvalue weighted by atomic mass is 32.1. The Kier molecular flexibility index (Phi) is 6.62. The Labute approximate surface area is 250 Å². The van der Waals surface area contributed by atoms with E-state index in [-0.39, 0.29) is 40.5 Å². The van der Waals surface area contributed by atoms with Crippen LogP contribution in [0.2, 0.25) is 0 Å². The smallest absolute Gasteiger partial charge is 0.496 e. The molecule has 0 aliphatic carbocycles. The molecule has 0 saturated carbocycles. The molecule has 3 aliphatic heterocycles. The Morgan fingerprint density at radius 3 is 2.45 bits per heavy atom. The molecule has 4 aromatic rings. The first-order valence-corrected chi connectivity index (χ1v) is 14.1. The summed E-state index contributed by atoms with van der Waals surface area (Å²) in [7, 11) is 2.76. The number of pyridine rings is 1. The third kappa shape index (κ3) is 4.75. The second kappa shape index (κ2) is 10.4. The third-order valence-corrected chi connectivity index (χ3v) is 8.55. The van der Waals surface area contributed by atoms with Crippen molar-refractivity contribution in [2.24, 2.45) is 0 Å². The Morgan fingerprint density at radius 1 is 1.02 bits per heavy atom. The van der Waals surface area contributed by atoms with Crippen molar-refractivity contribution in [3.8, 4) is 23.1 Å². The fraction of sp³-hybridized carbons (Fsp3) is 0.286. The predicted octanol–water partition coefficient (Wildman–Crippen LogP) is 4.65. The maximum atomic E-state index is 14.7. The van der Waals surface area contributed by atoms with E-state index in [1.165, 1.54) is 37.8 Å². The molecule has 2 N–H and O–H groups in total. The molecular formula is C28H22F3N5O7S. The molecule has 2 saturated heterocycles. The van der Waals surface area contributed by atoms with Gasteiger partial charge >= 0.3 is 6.29 Å². The first kappa shape index (κ1) is 28.0. The van der Waals surface area contributed by atoms with E-state index in [0.29, 0.717) is 29.5 Å². The van der Waals surface area contributed by atoms with Gasteiger partial charge in [0, 0.05) is 18.2 Å². The number of hydrogen-bond acceptors (Lipinski definition) is 11. The van der Waals surface area contributed by atoms with Gasteiger partial charge in [0.15, 0.2) is 22.4 Å². The molecule has 2 aromatic carbocycles. The number of amides is 2. The molecule has 2 atom stereocenters. The number of carbonyl (C=O) groups excluding carboxylic acids is 2. The maximum Gasteiger partial charge on any atom is 0.586 e. The highest BCUT2D eigenvalue weighted by Gasteiger charge is 2.45. The van der Waals surface area contributed by atoms with Crippen LogP contribution in [0.1, 0.15) is 27.1 Å². The number of nitrogens with zero attached hydrogens (tertiary/aromatic N) is 3. The second-order valence-electron chi connectivity index (χ2n) is 10.1. The molecule has 2 fully saturated rings. The summed E-state index contributed by atoms with van der Waals surface area (Å²) in [5, 5.41) is 5.77. The van der Waals surface area contributed by atoms with Crippen molar-refractivity contribution in [3.05, 3.63) is 53.5 Å². The molecule has 0 spiro atoms. The number of fused-ring (bicyclic) bond motifs is 4. The van der Waals surface area contributed by atoms with Crippen LogP contribution in [0.4, 0.5) is 29.7 Å². The van der Waals surface area contributed by atoms with Gasteiger partial charge in [0.05, 0.1) is 72.9 Å². The summed E-state index contributed by atoms with van der Waals surface area (Å²) in [5.41, 5.74) is 0.126. The number of rotatable bonds is 7. The molecule has 2 amide bonds. The molecular weight excluding hydrogens is 607 g/mol. The van der Waals surface area contributed by atoms with E-state index in [2.05, 4.69) is 30.0 Å². The molecule has 44 heavy (non-hydrogen) atoms. The van der Waals surface area contributed by atoms with Crippen molar-refractivity contribution < 1.29 is 46.4 Å². The van der Waals surface area contributed by atoms with Crippen LogP contribution >= 0.6 is 11.3 Å². The Hall–Kier alpha value is -4.83. The van der Waals surface area contributed by atoms with E-state index in [9.17, 15) is 22.8 Å². The number of halogens is 3. The second-order valence-corrected chi connectivity index (χ2v) is 11.1. The minimum atomic E-state index is -3.97. The minimum Gasteiger partial charge on any atom is -0.496 e. The molecule has 228 valence electrons. The molecule has 2 aromatic heterocycles. The monoisotopic (exact) mass is 629 g/mol. The van der Waals surface area contributed by atoms with E-state index in [1.54, 1.807) is 12.1 Å². The fourth-order valence-corrected chi connectivity index (χ4v) is 6.63. The average molecular weight is 630 g/mol. The number of benzene rings is 2. The summed E-state index contributed by atoms with van der Waals surface area (Å²) in [6, 6.07) is 6.62. The summed E-state index contributed by atoms with van der Waals surface area (Å²) in [4.78, 5) is 38.2. The average Bonchev–Trinajstić information content (AvgIpc) is 3.55. The van der Waals surface area contributed by atoms with E-state index in [1.807, 2.05) is 0 Å². The van der Waals surface area contributed by atoms with Gasteiger partial charge in [0.1, 0.15) is 11.3 Å². The van der Waals surface area contributed by atoms with Crippen LogP contribution in [-0.4, -0.2) is 67.6 Å². The Bertz CT molecular complexity index is 1820. The molecule has 5 heterocycles. The lowest BCUT2D eigenvalue weighted by Gasteiger charge is -2.52. The van der Waals surface area contributed by atoms with Gasteiger partial charge < -0.3 is 39.2 Å². The van der Waals surface area contributed by atoms with Crippen LogP contribution in [-0.2, 0) is 4.74 Å². The molecule has 12 nitrogen and oxygen atoms in total. The van der Waals surface area contributed by atoms with Crippen molar-refractivity contribution in [1.82, 2.24) is 9.97 Å². The number of nitrogens with one attached hydrogen (secondary N) is 2. The first-order valence-electron chi connectivity index (χ1n) is 13.2. The van der Waals surface area contributed by atoms with Crippen LogP contribution in [0.25, 0.3) is 10.2 Å². The summed E-state index contributed by atoms with van der Waals surface area (Å²) < 4.78 is 67.0. The number of alkyl halides is 2. The molecule has 0 radical (unpaired) electrons. The lowest BCUT2D eigenvalue weighted by molar-refractivity contribution is -0.286. The van der Waals surface area contributed by atoms with Gasteiger partial charge in [-0.05, 0) is 18.6 Å². The number of hydrogen-bond donors (Lipinski definition) is 2. The Morgan fingerprint density at radius 2 is 1.75 bits per heavy atom. The van der Waals surface area contributed by atoms with Crippen molar-refractivity contribution >= 4 is 49.9 Å². The zero-order valence-electron chi connectivity index (χ0n) is 23.0. The molecule has 16 heteroatoms. The largest absolute Gasteiger partial charge is 0.586 e. The summed E-state index contributed by atoms with van der Waals surface area (Å²) >= 11 is 1.35. The van der Waals surface area contributed by atoms with Crippen LogP contribution in [0.15, 0.2) is 36.5 Å². The van der Waals surface area contributed by atoms with Crippen LogP contribution in [0.3, 0.4) is 0 Å². The molecule has 2 unspecified atom stereocenters. The first-order chi connectivity index (χ1) is 21.1. The van der Waals surface area contributed by atoms with Crippen molar-refractivity contribution in [2.75, 3.05) is 43.0 Å². The maximum absolute atomic E-state index is 14.7.